The number of benzene rings is 1. The number of aromatic amines is 2. The van der Waals surface area contributed by atoms with Crippen LogP contribution in [0.5, 0.6) is 5.75 Å². The molecule has 0 fully saturated rings. The first-order valence-corrected chi connectivity index (χ1v) is 8.24. The standard InChI is InChI=1S/C17H22N4O3/c1-2-3-10-24-13-6-4-12(5-7-13)18-17(23)21-9-8-14-15(11-21)19-20-16(14)22/h4-7H,2-3,8-11H2,1H3,(H,18,23)(H2,19,20,22). The van der Waals surface area contributed by atoms with Crippen molar-refractivity contribution in [3.63, 3.8) is 0 Å². The number of hydrogen-bond donors (Lipinski definition) is 3. The summed E-state index contributed by atoms with van der Waals surface area (Å²) in [4.78, 5) is 25.6. The quantitative estimate of drug-likeness (QED) is 0.736. The zero-order chi connectivity index (χ0) is 16.9. The average Bonchev–Trinajstić information content (AvgIpc) is 2.97. The van der Waals surface area contributed by atoms with E-state index in [4.69, 9.17) is 4.74 Å². The van der Waals surface area contributed by atoms with Crippen molar-refractivity contribution in [2.45, 2.75) is 32.7 Å². The van der Waals surface area contributed by atoms with Crippen molar-refractivity contribution < 1.29 is 9.53 Å². The van der Waals surface area contributed by atoms with E-state index < -0.39 is 0 Å². The molecule has 7 heteroatoms. The first-order chi connectivity index (χ1) is 11.7. The van der Waals surface area contributed by atoms with Crippen LogP contribution >= 0.6 is 0 Å². The lowest BCUT2D eigenvalue weighted by molar-refractivity contribution is 0.205. The van der Waals surface area contributed by atoms with Gasteiger partial charge >= 0.3 is 6.03 Å². The van der Waals surface area contributed by atoms with E-state index in [1.165, 1.54) is 0 Å². The minimum absolute atomic E-state index is 0.0938. The molecule has 1 aliphatic rings. The Bertz CT molecular complexity index is 748. The minimum atomic E-state index is -0.178. The molecule has 0 saturated carbocycles. The summed E-state index contributed by atoms with van der Waals surface area (Å²) in [7, 11) is 0. The van der Waals surface area contributed by atoms with Crippen LogP contribution < -0.4 is 15.6 Å². The van der Waals surface area contributed by atoms with Crippen LogP contribution in [0.25, 0.3) is 0 Å². The van der Waals surface area contributed by atoms with E-state index in [1.54, 1.807) is 4.90 Å². The van der Waals surface area contributed by atoms with Gasteiger partial charge in [-0.25, -0.2) is 4.79 Å². The lowest BCUT2D eigenvalue weighted by atomic mass is 10.1. The first kappa shape index (κ1) is 16.2. The van der Waals surface area contributed by atoms with Crippen molar-refractivity contribution in [1.82, 2.24) is 15.1 Å². The monoisotopic (exact) mass is 330 g/mol. The Morgan fingerprint density at radius 3 is 2.83 bits per heavy atom. The number of rotatable bonds is 5. The Balaban J connectivity index is 1.56. The third-order valence-electron chi connectivity index (χ3n) is 4.11. The molecule has 0 aliphatic carbocycles. The Labute approximate surface area is 140 Å². The van der Waals surface area contributed by atoms with Crippen molar-refractivity contribution >= 4 is 11.7 Å². The summed E-state index contributed by atoms with van der Waals surface area (Å²) in [5.41, 5.74) is 2.15. The highest BCUT2D eigenvalue weighted by atomic mass is 16.5. The number of carbonyl (C=O) groups excluding carboxylic acids is 1. The van der Waals surface area contributed by atoms with Crippen molar-refractivity contribution in [2.75, 3.05) is 18.5 Å². The second-order valence-corrected chi connectivity index (χ2v) is 5.86. The Morgan fingerprint density at radius 2 is 2.08 bits per heavy atom. The van der Waals surface area contributed by atoms with Crippen molar-refractivity contribution in [3.05, 3.63) is 45.9 Å². The maximum Gasteiger partial charge on any atom is 0.322 e. The highest BCUT2D eigenvalue weighted by molar-refractivity contribution is 5.89. The first-order valence-electron chi connectivity index (χ1n) is 8.24. The third kappa shape index (κ3) is 3.61. The molecule has 2 heterocycles. The number of urea groups is 1. The summed E-state index contributed by atoms with van der Waals surface area (Å²) in [5, 5.41) is 8.27. The van der Waals surface area contributed by atoms with Crippen LogP contribution in [0.4, 0.5) is 10.5 Å². The smallest absolute Gasteiger partial charge is 0.322 e. The number of aromatic nitrogens is 2. The highest BCUT2D eigenvalue weighted by Gasteiger charge is 2.23. The molecule has 1 aromatic carbocycles. The summed E-state index contributed by atoms with van der Waals surface area (Å²) in [6.45, 7) is 3.75. The van der Waals surface area contributed by atoms with Gasteiger partial charge in [0.25, 0.3) is 5.56 Å². The normalized spacial score (nSPS) is 13.5. The average molecular weight is 330 g/mol. The van der Waals surface area contributed by atoms with Gasteiger partial charge in [-0.1, -0.05) is 13.3 Å². The van der Waals surface area contributed by atoms with E-state index in [0.717, 1.165) is 35.5 Å². The molecule has 1 aromatic heterocycles. The van der Waals surface area contributed by atoms with E-state index in [9.17, 15) is 9.59 Å². The molecular formula is C17H22N4O3. The van der Waals surface area contributed by atoms with Crippen molar-refractivity contribution in [2.24, 2.45) is 0 Å². The van der Waals surface area contributed by atoms with Gasteiger partial charge in [-0.05, 0) is 37.1 Å². The number of unbranched alkanes of at least 4 members (excludes halogenated alkanes) is 1. The van der Waals surface area contributed by atoms with E-state index in [2.05, 4.69) is 22.4 Å². The van der Waals surface area contributed by atoms with Gasteiger partial charge in [0.1, 0.15) is 5.75 Å². The summed E-state index contributed by atoms with van der Waals surface area (Å²) >= 11 is 0. The number of amides is 2. The second kappa shape index (κ2) is 7.25. The highest BCUT2D eigenvalue weighted by Crippen LogP contribution is 2.18. The Morgan fingerprint density at radius 1 is 1.29 bits per heavy atom. The fraction of sp³-hybridized carbons (Fsp3) is 0.412. The number of fused-ring (bicyclic) bond motifs is 1. The van der Waals surface area contributed by atoms with Crippen LogP contribution in [0.3, 0.4) is 0 Å². The van der Waals surface area contributed by atoms with Crippen LogP contribution in [0, 0.1) is 0 Å². The fourth-order valence-corrected chi connectivity index (χ4v) is 2.68. The molecule has 0 atom stereocenters. The number of ether oxygens (including phenoxy) is 1. The zero-order valence-electron chi connectivity index (χ0n) is 13.7. The van der Waals surface area contributed by atoms with Gasteiger partial charge in [-0.3, -0.25) is 9.89 Å². The molecule has 128 valence electrons. The summed E-state index contributed by atoms with van der Waals surface area (Å²) < 4.78 is 5.60. The molecule has 0 unspecified atom stereocenters. The minimum Gasteiger partial charge on any atom is -0.494 e. The van der Waals surface area contributed by atoms with Gasteiger partial charge in [-0.15, -0.1) is 0 Å². The van der Waals surface area contributed by atoms with Crippen molar-refractivity contribution in [1.29, 1.82) is 0 Å². The van der Waals surface area contributed by atoms with Gasteiger partial charge in [0, 0.05) is 17.8 Å². The van der Waals surface area contributed by atoms with Gasteiger partial charge in [0.05, 0.1) is 18.8 Å². The van der Waals surface area contributed by atoms with Crippen LogP contribution in [-0.4, -0.2) is 34.3 Å². The van der Waals surface area contributed by atoms with Gasteiger partial charge in [-0.2, -0.15) is 0 Å². The lowest BCUT2D eigenvalue weighted by Crippen LogP contribution is -2.39. The Kier molecular flexibility index (Phi) is 4.88. The van der Waals surface area contributed by atoms with E-state index in [0.29, 0.717) is 26.1 Å². The van der Waals surface area contributed by atoms with E-state index >= 15 is 0 Å². The molecule has 3 N–H and O–H groups in total. The van der Waals surface area contributed by atoms with Crippen LogP contribution in [-0.2, 0) is 13.0 Å². The molecule has 1 aliphatic heterocycles. The number of H-pyrrole nitrogens is 2. The SMILES string of the molecule is CCCCOc1ccc(NC(=O)N2CCc3c([nH][nH]c3=O)C2)cc1. The largest absolute Gasteiger partial charge is 0.494 e. The number of anilines is 1. The topological polar surface area (TPSA) is 90.2 Å². The predicted octanol–water partition coefficient (Wildman–Crippen LogP) is 2.47. The van der Waals surface area contributed by atoms with Crippen LogP contribution in [0.1, 0.15) is 31.0 Å². The summed E-state index contributed by atoms with van der Waals surface area (Å²) in [6, 6.07) is 7.17. The van der Waals surface area contributed by atoms with Gasteiger partial charge in [0.2, 0.25) is 0 Å². The Hall–Kier alpha value is -2.70. The second-order valence-electron chi connectivity index (χ2n) is 5.86. The molecule has 2 aromatic rings. The van der Waals surface area contributed by atoms with Crippen LogP contribution in [0.2, 0.25) is 0 Å². The maximum absolute atomic E-state index is 12.4. The lowest BCUT2D eigenvalue weighted by Gasteiger charge is -2.26. The predicted molar refractivity (Wildman–Crippen MR) is 91.4 cm³/mol. The molecule has 0 spiro atoms. The molecule has 2 amide bonds. The molecule has 7 nitrogen and oxygen atoms in total. The summed E-state index contributed by atoms with van der Waals surface area (Å²) in [6.07, 6.45) is 2.68. The molecule has 3 rings (SSSR count). The van der Waals surface area contributed by atoms with Gasteiger partial charge in [0.15, 0.2) is 0 Å². The van der Waals surface area contributed by atoms with E-state index in [-0.39, 0.29) is 11.6 Å². The van der Waals surface area contributed by atoms with Gasteiger partial charge < -0.3 is 20.1 Å². The van der Waals surface area contributed by atoms with Crippen LogP contribution in [0.15, 0.2) is 29.1 Å². The van der Waals surface area contributed by atoms with Crippen molar-refractivity contribution in [3.8, 4) is 5.75 Å². The molecular weight excluding hydrogens is 308 g/mol. The molecule has 0 bridgehead atoms. The number of nitrogens with one attached hydrogen (secondary N) is 3. The number of carbonyl (C=O) groups is 1. The maximum atomic E-state index is 12.4. The zero-order valence-corrected chi connectivity index (χ0v) is 13.7. The molecule has 0 radical (unpaired) electrons. The fourth-order valence-electron chi connectivity index (χ4n) is 2.68. The summed E-state index contributed by atoms with van der Waals surface area (Å²) in [5.74, 6) is 0.800. The third-order valence-corrected chi connectivity index (χ3v) is 4.11. The molecule has 24 heavy (non-hydrogen) atoms. The number of nitrogens with zero attached hydrogens (tertiary/aromatic N) is 1. The van der Waals surface area contributed by atoms with E-state index in [1.807, 2.05) is 24.3 Å². The number of hydrogen-bond acceptors (Lipinski definition) is 3. The molecule has 0 saturated heterocycles.